The second kappa shape index (κ2) is 5.65. The van der Waals surface area contributed by atoms with Crippen molar-refractivity contribution in [2.75, 3.05) is 0 Å². The molecule has 0 nitrogen and oxygen atoms in total. The molecule has 0 fully saturated rings. The predicted octanol–water partition coefficient (Wildman–Crippen LogP) is 5.60. The molecule has 0 aromatic rings. The van der Waals surface area contributed by atoms with E-state index in [1.807, 2.05) is 0 Å². The molecule has 0 aromatic heterocycles. The van der Waals surface area contributed by atoms with Gasteiger partial charge in [-0.3, -0.25) is 0 Å². The largest absolute Gasteiger partial charge is 0.0620 e. The van der Waals surface area contributed by atoms with Crippen LogP contribution in [0.3, 0.4) is 0 Å². The number of rotatable bonds is 1. The molecule has 4 rings (SSSR count). The van der Waals surface area contributed by atoms with Crippen LogP contribution >= 0.6 is 0 Å². The van der Waals surface area contributed by atoms with Crippen molar-refractivity contribution in [1.82, 2.24) is 0 Å². The highest BCUT2D eigenvalue weighted by Gasteiger charge is 2.18. The van der Waals surface area contributed by atoms with E-state index in [1.54, 1.807) is 0 Å². The van der Waals surface area contributed by atoms with Crippen LogP contribution in [0.25, 0.3) is 0 Å². The zero-order chi connectivity index (χ0) is 14.8. The van der Waals surface area contributed by atoms with Crippen LogP contribution in [0.5, 0.6) is 0 Å². The van der Waals surface area contributed by atoms with Crippen LogP contribution in [0.2, 0.25) is 0 Å². The SMILES string of the molecule is C1=CC=C2CC(=C1)C=CC=C2C1=CC=CC2=CC=CC=C1C2. The summed E-state index contributed by atoms with van der Waals surface area (Å²) in [6.45, 7) is 0. The van der Waals surface area contributed by atoms with Crippen molar-refractivity contribution in [1.29, 1.82) is 0 Å². The molecule has 4 bridgehead atoms. The Morgan fingerprint density at radius 1 is 0.455 bits per heavy atom. The minimum absolute atomic E-state index is 1.00. The van der Waals surface area contributed by atoms with E-state index in [1.165, 1.54) is 33.4 Å². The average Bonchev–Trinajstić information content (AvgIpc) is 3.04. The number of fused-ring (bicyclic) bond motifs is 4. The van der Waals surface area contributed by atoms with Gasteiger partial charge >= 0.3 is 0 Å². The third kappa shape index (κ3) is 2.48. The van der Waals surface area contributed by atoms with Crippen molar-refractivity contribution < 1.29 is 0 Å². The topological polar surface area (TPSA) is 0 Å². The maximum absolute atomic E-state index is 2.26. The van der Waals surface area contributed by atoms with Gasteiger partial charge in [0.2, 0.25) is 0 Å². The zero-order valence-electron chi connectivity index (χ0n) is 12.5. The van der Waals surface area contributed by atoms with E-state index in [0.29, 0.717) is 0 Å². The van der Waals surface area contributed by atoms with Crippen LogP contribution in [-0.4, -0.2) is 0 Å². The molecule has 106 valence electrons. The summed E-state index contributed by atoms with van der Waals surface area (Å²) in [4.78, 5) is 0. The molecule has 0 unspecified atom stereocenters. The van der Waals surface area contributed by atoms with Crippen LogP contribution in [0, 0.1) is 0 Å². The lowest BCUT2D eigenvalue weighted by Crippen LogP contribution is -1.98. The molecule has 22 heavy (non-hydrogen) atoms. The third-order valence-corrected chi connectivity index (χ3v) is 4.36. The monoisotopic (exact) mass is 282 g/mol. The van der Waals surface area contributed by atoms with E-state index < -0.39 is 0 Å². The number of hydrogen-bond donors (Lipinski definition) is 0. The van der Waals surface area contributed by atoms with Crippen molar-refractivity contribution in [2.24, 2.45) is 0 Å². The summed E-state index contributed by atoms with van der Waals surface area (Å²) < 4.78 is 0. The van der Waals surface area contributed by atoms with Gasteiger partial charge in [-0.2, -0.15) is 0 Å². The van der Waals surface area contributed by atoms with Gasteiger partial charge in [-0.15, -0.1) is 0 Å². The Morgan fingerprint density at radius 3 is 1.41 bits per heavy atom. The Labute approximate surface area is 131 Å². The average molecular weight is 282 g/mol. The molecule has 4 aliphatic rings. The van der Waals surface area contributed by atoms with Crippen LogP contribution in [-0.2, 0) is 0 Å². The second-order valence-corrected chi connectivity index (χ2v) is 5.87. The summed E-state index contributed by atoms with van der Waals surface area (Å²) >= 11 is 0. The van der Waals surface area contributed by atoms with Crippen LogP contribution in [0.15, 0.2) is 119 Å². The van der Waals surface area contributed by atoms with Gasteiger partial charge in [-0.1, -0.05) is 85.1 Å². The van der Waals surface area contributed by atoms with Gasteiger partial charge < -0.3 is 0 Å². The van der Waals surface area contributed by atoms with E-state index in [2.05, 4.69) is 85.1 Å². The fourth-order valence-electron chi connectivity index (χ4n) is 3.25. The van der Waals surface area contributed by atoms with Gasteiger partial charge in [-0.05, 0) is 46.3 Å². The lowest BCUT2D eigenvalue weighted by atomic mass is 9.88. The zero-order valence-corrected chi connectivity index (χ0v) is 12.5. The van der Waals surface area contributed by atoms with E-state index in [0.717, 1.165) is 12.8 Å². The lowest BCUT2D eigenvalue weighted by Gasteiger charge is -2.16. The Hall–Kier alpha value is -2.60. The highest BCUT2D eigenvalue weighted by molar-refractivity contribution is 5.64. The molecular formula is C22H18. The minimum atomic E-state index is 1.00. The highest BCUT2D eigenvalue weighted by atomic mass is 14.2. The molecule has 0 heteroatoms. The summed E-state index contributed by atoms with van der Waals surface area (Å²) in [5.74, 6) is 0. The van der Waals surface area contributed by atoms with Gasteiger partial charge in [0.25, 0.3) is 0 Å². The van der Waals surface area contributed by atoms with Gasteiger partial charge in [0.15, 0.2) is 0 Å². The molecule has 0 amide bonds. The normalized spacial score (nSPS) is 22.2. The quantitative estimate of drug-likeness (QED) is 0.587. The molecule has 0 N–H and O–H groups in total. The highest BCUT2D eigenvalue weighted by Crippen LogP contribution is 2.37. The molecule has 4 aliphatic carbocycles. The summed E-state index contributed by atoms with van der Waals surface area (Å²) in [7, 11) is 0. The third-order valence-electron chi connectivity index (χ3n) is 4.36. The van der Waals surface area contributed by atoms with E-state index in [4.69, 9.17) is 0 Å². The van der Waals surface area contributed by atoms with Crippen molar-refractivity contribution in [2.45, 2.75) is 12.8 Å². The number of allylic oxidation sites excluding steroid dienone is 20. The van der Waals surface area contributed by atoms with Crippen molar-refractivity contribution >= 4 is 0 Å². The van der Waals surface area contributed by atoms with E-state index in [-0.39, 0.29) is 0 Å². The first-order valence-corrected chi connectivity index (χ1v) is 7.81. The first-order chi connectivity index (χ1) is 10.9. The minimum Gasteiger partial charge on any atom is -0.0620 e. The van der Waals surface area contributed by atoms with Crippen LogP contribution < -0.4 is 0 Å². The van der Waals surface area contributed by atoms with Crippen LogP contribution in [0.1, 0.15) is 12.8 Å². The fourth-order valence-corrected chi connectivity index (χ4v) is 3.25. The van der Waals surface area contributed by atoms with E-state index in [9.17, 15) is 0 Å². The Kier molecular flexibility index (Phi) is 3.36. The van der Waals surface area contributed by atoms with Gasteiger partial charge in [0.1, 0.15) is 0 Å². The molecule has 0 radical (unpaired) electrons. The summed E-state index contributed by atoms with van der Waals surface area (Å²) in [6, 6.07) is 0. The molecular weight excluding hydrogens is 264 g/mol. The maximum Gasteiger partial charge on any atom is -0.00196 e. The standard InChI is InChI=1S/C22H18/c1-3-11-19-15-17(7-1)9-5-13-21(19)22-14-6-10-18-8-2-4-12-20(22)16-18/h1-14H,15-16H2. The maximum atomic E-state index is 2.26. The van der Waals surface area contributed by atoms with Crippen LogP contribution in [0.4, 0.5) is 0 Å². The molecule has 0 heterocycles. The van der Waals surface area contributed by atoms with Gasteiger partial charge in [0.05, 0.1) is 0 Å². The summed E-state index contributed by atoms with van der Waals surface area (Å²) in [5.41, 5.74) is 8.22. The van der Waals surface area contributed by atoms with Gasteiger partial charge in [-0.25, -0.2) is 0 Å². The predicted molar refractivity (Wildman–Crippen MR) is 94.3 cm³/mol. The number of hydrogen-bond acceptors (Lipinski definition) is 0. The first-order valence-electron chi connectivity index (χ1n) is 7.81. The van der Waals surface area contributed by atoms with Crippen molar-refractivity contribution in [3.05, 3.63) is 119 Å². The first kappa shape index (κ1) is 13.1. The Balaban J connectivity index is 1.81. The lowest BCUT2D eigenvalue weighted by molar-refractivity contribution is 1.14. The summed E-state index contributed by atoms with van der Waals surface area (Å²) in [6.07, 6.45) is 32.8. The smallest absolute Gasteiger partial charge is 0.00196 e. The Morgan fingerprint density at radius 2 is 0.909 bits per heavy atom. The molecule has 0 aliphatic heterocycles. The Bertz CT molecular complexity index is 736. The molecule has 0 saturated carbocycles. The molecule has 0 atom stereocenters. The van der Waals surface area contributed by atoms with Crippen molar-refractivity contribution in [3.63, 3.8) is 0 Å². The summed E-state index contributed by atoms with van der Waals surface area (Å²) in [5, 5.41) is 0. The van der Waals surface area contributed by atoms with E-state index >= 15 is 0 Å². The van der Waals surface area contributed by atoms with Gasteiger partial charge in [0, 0.05) is 0 Å². The molecule has 0 spiro atoms. The second-order valence-electron chi connectivity index (χ2n) is 5.87. The van der Waals surface area contributed by atoms with Crippen molar-refractivity contribution in [3.8, 4) is 0 Å². The molecule has 0 saturated heterocycles. The molecule has 0 aromatic carbocycles. The fraction of sp³-hybridized carbons (Fsp3) is 0.0909.